The van der Waals surface area contributed by atoms with Crippen molar-refractivity contribution in [2.24, 2.45) is 0 Å². The molecule has 0 bridgehead atoms. The lowest BCUT2D eigenvalue weighted by Crippen LogP contribution is -2.14. The van der Waals surface area contributed by atoms with Crippen LogP contribution < -0.4 is 5.46 Å². The van der Waals surface area contributed by atoms with Crippen LogP contribution in [0.2, 0.25) is 0 Å². The van der Waals surface area contributed by atoms with Crippen LogP contribution in [0, 0.1) is 0 Å². The average Bonchev–Trinajstić information content (AvgIpc) is 2.62. The van der Waals surface area contributed by atoms with Crippen molar-refractivity contribution in [3.63, 3.8) is 0 Å². The van der Waals surface area contributed by atoms with Gasteiger partial charge in [-0.2, -0.15) is 11.8 Å². The number of aliphatic carboxylic acids is 1. The van der Waals surface area contributed by atoms with Crippen LogP contribution in [-0.2, 0) is 4.79 Å². The molecule has 0 atom stereocenters. The molecule has 0 aliphatic rings. The summed E-state index contributed by atoms with van der Waals surface area (Å²) in [5.41, 5.74) is 1.40. The molecule has 1 radical (unpaired) electrons. The van der Waals surface area contributed by atoms with E-state index in [0.717, 1.165) is 38.9 Å². The maximum atomic E-state index is 12.0. The first-order chi connectivity index (χ1) is 12.1. The minimum absolute atomic E-state index is 0.135. The molecule has 2 N–H and O–H groups in total. The summed E-state index contributed by atoms with van der Waals surface area (Å²) in [6, 6.07) is 6.97. The van der Waals surface area contributed by atoms with E-state index in [1.165, 1.54) is 25.7 Å². The number of unbranched alkanes of at least 4 members (excludes halogenated alkanes) is 7. The molecule has 6 heteroatoms. The first kappa shape index (κ1) is 21.8. The Morgan fingerprint density at radius 2 is 1.44 bits per heavy atom. The summed E-state index contributed by atoms with van der Waals surface area (Å²) < 4.78 is 0. The molecule has 0 aromatic heterocycles. The van der Waals surface area contributed by atoms with E-state index in [4.69, 9.17) is 10.1 Å². The molecule has 0 spiro atoms. The monoisotopic (exact) mass is 363 g/mol. The maximum Gasteiger partial charge on any atom is 0.326 e. The number of hydrogen-bond acceptors (Lipinski definition) is 4. The van der Waals surface area contributed by atoms with Gasteiger partial charge in [-0.3, -0.25) is 9.59 Å². The molecule has 0 saturated carbocycles. The van der Waals surface area contributed by atoms with Gasteiger partial charge in [0.2, 0.25) is 0 Å². The van der Waals surface area contributed by atoms with Crippen molar-refractivity contribution in [3.8, 4) is 0 Å². The molecule has 1 aromatic rings. The number of thioether (sulfide) groups is 1. The van der Waals surface area contributed by atoms with Crippen LogP contribution in [0.1, 0.15) is 68.1 Å². The van der Waals surface area contributed by atoms with Gasteiger partial charge in [0.15, 0.2) is 5.78 Å². The first-order valence-electron chi connectivity index (χ1n) is 9.03. The van der Waals surface area contributed by atoms with E-state index in [2.05, 4.69) is 0 Å². The van der Waals surface area contributed by atoms with Crippen LogP contribution >= 0.6 is 11.8 Å². The molecule has 25 heavy (non-hydrogen) atoms. The van der Waals surface area contributed by atoms with Crippen molar-refractivity contribution in [2.45, 2.75) is 57.8 Å². The van der Waals surface area contributed by atoms with Gasteiger partial charge in [0.1, 0.15) is 0 Å². The van der Waals surface area contributed by atoms with Gasteiger partial charge < -0.3 is 10.1 Å². The van der Waals surface area contributed by atoms with Gasteiger partial charge in [0, 0.05) is 12.0 Å². The zero-order valence-corrected chi connectivity index (χ0v) is 15.6. The van der Waals surface area contributed by atoms with Crippen molar-refractivity contribution in [2.75, 3.05) is 11.5 Å². The molecule has 1 rings (SSSR count). The normalized spacial score (nSPS) is 10.6. The highest BCUT2D eigenvalue weighted by atomic mass is 32.2. The standard InChI is InChI=1S/C19H28BO4S/c21-18(16-10-12-17(20-24)13-11-16)15-25-14-8-6-4-2-1-3-5-7-9-19(22)23/h10-13,24H,1-9,14-15H2,(H,22,23). The minimum Gasteiger partial charge on any atom is -0.481 e. The van der Waals surface area contributed by atoms with Gasteiger partial charge in [0.05, 0.1) is 5.75 Å². The third kappa shape index (κ3) is 11.1. The minimum atomic E-state index is -0.698. The summed E-state index contributed by atoms with van der Waals surface area (Å²) in [5, 5.41) is 17.4. The van der Waals surface area contributed by atoms with E-state index in [1.54, 1.807) is 36.0 Å². The molecule has 0 amide bonds. The number of carbonyl (C=O) groups excluding carboxylic acids is 1. The largest absolute Gasteiger partial charge is 0.481 e. The second kappa shape index (κ2) is 14.0. The lowest BCUT2D eigenvalue weighted by molar-refractivity contribution is -0.137. The van der Waals surface area contributed by atoms with Crippen molar-refractivity contribution >= 4 is 36.5 Å². The fourth-order valence-electron chi connectivity index (χ4n) is 2.54. The first-order valence-corrected chi connectivity index (χ1v) is 10.2. The predicted molar refractivity (Wildman–Crippen MR) is 105 cm³/mol. The lowest BCUT2D eigenvalue weighted by Gasteiger charge is -2.04. The summed E-state index contributed by atoms with van der Waals surface area (Å²) in [6.45, 7) is 0. The Morgan fingerprint density at radius 3 is 2.00 bits per heavy atom. The van der Waals surface area contributed by atoms with Gasteiger partial charge in [-0.25, -0.2) is 0 Å². The Kier molecular flexibility index (Phi) is 12.2. The third-order valence-electron chi connectivity index (χ3n) is 4.04. The van der Waals surface area contributed by atoms with Crippen molar-refractivity contribution < 1.29 is 19.7 Å². The van der Waals surface area contributed by atoms with E-state index in [1.807, 2.05) is 0 Å². The zero-order chi connectivity index (χ0) is 18.3. The van der Waals surface area contributed by atoms with E-state index in [-0.39, 0.29) is 5.78 Å². The average molecular weight is 363 g/mol. The number of ketones is 1. The number of hydrogen-bond donors (Lipinski definition) is 2. The zero-order valence-electron chi connectivity index (χ0n) is 14.8. The number of benzene rings is 1. The predicted octanol–water partition coefficient (Wildman–Crippen LogP) is 3.43. The highest BCUT2D eigenvalue weighted by Crippen LogP contribution is 2.13. The number of rotatable bonds is 15. The molecule has 0 saturated heterocycles. The summed E-state index contributed by atoms with van der Waals surface area (Å²) in [4.78, 5) is 22.4. The smallest absolute Gasteiger partial charge is 0.326 e. The van der Waals surface area contributed by atoms with Gasteiger partial charge in [-0.05, 0) is 18.6 Å². The molecule has 0 fully saturated rings. The second-order valence-electron chi connectivity index (χ2n) is 6.20. The highest BCUT2D eigenvalue weighted by Gasteiger charge is 2.06. The summed E-state index contributed by atoms with van der Waals surface area (Å²) in [5.74, 6) is 0.950. The van der Waals surface area contributed by atoms with E-state index in [0.29, 0.717) is 23.2 Å². The molecule has 0 heterocycles. The molecule has 1 aromatic carbocycles. The summed E-state index contributed by atoms with van der Waals surface area (Å²) in [6.07, 6.45) is 9.17. The van der Waals surface area contributed by atoms with Crippen molar-refractivity contribution in [1.82, 2.24) is 0 Å². The molecule has 0 aliphatic carbocycles. The van der Waals surface area contributed by atoms with Crippen LogP contribution in [0.15, 0.2) is 24.3 Å². The lowest BCUT2D eigenvalue weighted by atomic mass is 9.88. The van der Waals surface area contributed by atoms with Crippen LogP contribution in [0.5, 0.6) is 0 Å². The molecule has 4 nitrogen and oxygen atoms in total. The van der Waals surface area contributed by atoms with Crippen molar-refractivity contribution in [3.05, 3.63) is 29.8 Å². The summed E-state index contributed by atoms with van der Waals surface area (Å²) >= 11 is 1.68. The van der Waals surface area contributed by atoms with E-state index >= 15 is 0 Å². The Balaban J connectivity index is 1.92. The Labute approximate surface area is 155 Å². The van der Waals surface area contributed by atoms with Gasteiger partial charge in [-0.1, -0.05) is 68.3 Å². The topological polar surface area (TPSA) is 74.6 Å². The quantitative estimate of drug-likeness (QED) is 0.284. The fourth-order valence-corrected chi connectivity index (χ4v) is 3.45. The van der Waals surface area contributed by atoms with Crippen molar-refractivity contribution in [1.29, 1.82) is 0 Å². The summed E-state index contributed by atoms with van der Waals surface area (Å²) in [7, 11) is 1.03. The Bertz CT molecular complexity index is 505. The number of carboxylic acids is 1. The van der Waals surface area contributed by atoms with E-state index in [9.17, 15) is 9.59 Å². The highest BCUT2D eigenvalue weighted by molar-refractivity contribution is 7.99. The molecule has 137 valence electrons. The van der Waals surface area contributed by atoms with Gasteiger partial charge >= 0.3 is 13.5 Å². The Hall–Kier alpha value is -1.27. The van der Waals surface area contributed by atoms with E-state index < -0.39 is 5.97 Å². The fraction of sp³-hybridized carbons (Fsp3) is 0.579. The van der Waals surface area contributed by atoms with Crippen LogP contribution in [0.3, 0.4) is 0 Å². The molecular formula is C19H28BO4S. The number of carboxylic acid groups (broad SMARTS) is 1. The number of carbonyl (C=O) groups is 2. The third-order valence-corrected chi connectivity index (χ3v) is 5.09. The molecule has 0 unspecified atom stereocenters. The maximum absolute atomic E-state index is 12.0. The van der Waals surface area contributed by atoms with Gasteiger partial charge in [0.25, 0.3) is 0 Å². The van der Waals surface area contributed by atoms with Crippen LogP contribution in [0.25, 0.3) is 0 Å². The van der Waals surface area contributed by atoms with Gasteiger partial charge in [-0.15, -0.1) is 0 Å². The number of Topliss-reactive ketones (excluding diaryl/α,β-unsaturated/α-hetero) is 1. The Morgan fingerprint density at radius 1 is 0.880 bits per heavy atom. The van der Waals surface area contributed by atoms with Crippen LogP contribution in [-0.4, -0.2) is 40.9 Å². The molecule has 0 aliphatic heterocycles. The second-order valence-corrected chi connectivity index (χ2v) is 7.30. The SMILES string of the molecule is O=C(O)CCCCCCCCCCSCC(=O)c1ccc([B]O)cc1. The van der Waals surface area contributed by atoms with Crippen LogP contribution in [0.4, 0.5) is 0 Å². The molecular weight excluding hydrogens is 335 g/mol.